The van der Waals surface area contributed by atoms with Crippen LogP contribution in [0.2, 0.25) is 0 Å². The molecule has 1 fully saturated rings. The Kier molecular flexibility index (Phi) is 7.57. The van der Waals surface area contributed by atoms with Crippen LogP contribution in [-0.4, -0.2) is 40.6 Å². The third-order valence-corrected chi connectivity index (χ3v) is 5.79. The van der Waals surface area contributed by atoms with E-state index in [1.807, 2.05) is 72.8 Å². The normalized spacial score (nSPS) is 15.2. The molecule has 2 amide bonds. The van der Waals surface area contributed by atoms with Gasteiger partial charge in [0, 0.05) is 18.3 Å². The highest BCUT2D eigenvalue weighted by molar-refractivity contribution is 5.97. The summed E-state index contributed by atoms with van der Waals surface area (Å²) in [5.74, 6) is -1.24. The van der Waals surface area contributed by atoms with Gasteiger partial charge in [-0.15, -0.1) is 0 Å². The lowest BCUT2D eigenvalue weighted by molar-refractivity contribution is -0.131. The minimum Gasteiger partial charge on any atom is -0.478 e. The molecule has 3 aromatic carbocycles. The molecule has 1 aliphatic rings. The number of nitrogens with zero attached hydrogens (tertiary/aromatic N) is 1. The molecule has 0 saturated carbocycles. The van der Waals surface area contributed by atoms with Crippen LogP contribution in [0.15, 0.2) is 84.9 Å². The first-order valence-corrected chi connectivity index (χ1v) is 11.4. The average molecular weight is 471 g/mol. The number of likely N-dealkylation sites (tertiary alicyclic amines) is 1. The van der Waals surface area contributed by atoms with Crippen LogP contribution in [0.25, 0.3) is 17.2 Å². The Morgan fingerprint density at radius 2 is 1.74 bits per heavy atom. The van der Waals surface area contributed by atoms with Gasteiger partial charge in [0.25, 0.3) is 0 Å². The molecule has 0 aromatic heterocycles. The molecule has 1 atom stereocenters. The lowest BCUT2D eigenvalue weighted by Gasteiger charge is -2.23. The maximum absolute atomic E-state index is 13.0. The molecule has 35 heavy (non-hydrogen) atoms. The van der Waals surface area contributed by atoms with Crippen molar-refractivity contribution in [2.24, 2.45) is 0 Å². The molecule has 3 aromatic rings. The summed E-state index contributed by atoms with van der Waals surface area (Å²) in [6.07, 6.45) is 3.45. The van der Waals surface area contributed by atoms with Crippen molar-refractivity contribution in [2.75, 3.05) is 11.9 Å². The number of ether oxygens (including phenoxy) is 1. The predicted molar refractivity (Wildman–Crippen MR) is 134 cm³/mol. The molecule has 0 aliphatic carbocycles. The van der Waals surface area contributed by atoms with E-state index in [0.29, 0.717) is 18.7 Å². The molecule has 4 rings (SSSR count). The number of rotatable bonds is 7. The van der Waals surface area contributed by atoms with E-state index in [2.05, 4.69) is 5.32 Å². The SMILES string of the molecule is O=C(O)C=Cc1ccc(-c2cccc(NC(=O)C3CCCN3C(=O)OCc3ccccc3)c2)cc1. The van der Waals surface area contributed by atoms with Crippen molar-refractivity contribution in [1.82, 2.24) is 4.90 Å². The average Bonchev–Trinajstić information content (AvgIpc) is 3.38. The molecule has 178 valence electrons. The second kappa shape index (κ2) is 11.2. The van der Waals surface area contributed by atoms with Gasteiger partial charge in [-0.2, -0.15) is 0 Å². The smallest absolute Gasteiger partial charge is 0.410 e. The van der Waals surface area contributed by atoms with Crippen molar-refractivity contribution in [3.8, 4) is 11.1 Å². The fourth-order valence-corrected chi connectivity index (χ4v) is 4.02. The summed E-state index contributed by atoms with van der Waals surface area (Å²) in [6, 6.07) is 23.8. The van der Waals surface area contributed by atoms with Crippen molar-refractivity contribution < 1.29 is 24.2 Å². The standard InChI is InChI=1S/C28H26N2O5/c31-26(32)16-13-20-11-14-22(15-12-20)23-8-4-9-24(18-23)29-27(33)25-10-5-17-30(25)28(34)35-19-21-6-2-1-3-7-21/h1-4,6-9,11-16,18,25H,5,10,17,19H2,(H,29,33)(H,31,32). The van der Waals surface area contributed by atoms with E-state index in [9.17, 15) is 14.4 Å². The van der Waals surface area contributed by atoms with Crippen LogP contribution < -0.4 is 5.32 Å². The number of benzene rings is 3. The van der Waals surface area contributed by atoms with Gasteiger partial charge in [-0.25, -0.2) is 9.59 Å². The Balaban J connectivity index is 1.39. The molecule has 1 aliphatic heterocycles. The van der Waals surface area contributed by atoms with Crippen LogP contribution in [0.5, 0.6) is 0 Å². The van der Waals surface area contributed by atoms with Gasteiger partial charge in [0.05, 0.1) is 0 Å². The number of carbonyl (C=O) groups is 3. The maximum Gasteiger partial charge on any atom is 0.410 e. The zero-order valence-electron chi connectivity index (χ0n) is 19.1. The van der Waals surface area contributed by atoms with Crippen LogP contribution >= 0.6 is 0 Å². The highest BCUT2D eigenvalue weighted by Gasteiger charge is 2.35. The third kappa shape index (κ3) is 6.35. The zero-order valence-corrected chi connectivity index (χ0v) is 19.1. The summed E-state index contributed by atoms with van der Waals surface area (Å²) in [4.78, 5) is 37.8. The zero-order chi connectivity index (χ0) is 24.6. The Morgan fingerprint density at radius 3 is 2.49 bits per heavy atom. The summed E-state index contributed by atoms with van der Waals surface area (Å²) in [5, 5.41) is 11.7. The second-order valence-electron chi connectivity index (χ2n) is 8.26. The summed E-state index contributed by atoms with van der Waals surface area (Å²) in [6.45, 7) is 0.645. The van der Waals surface area contributed by atoms with Gasteiger partial charge in [0.2, 0.25) is 5.91 Å². The lowest BCUT2D eigenvalue weighted by atomic mass is 10.0. The molecule has 7 heteroatoms. The van der Waals surface area contributed by atoms with Crippen molar-refractivity contribution in [2.45, 2.75) is 25.5 Å². The van der Waals surface area contributed by atoms with Gasteiger partial charge in [-0.3, -0.25) is 9.69 Å². The van der Waals surface area contributed by atoms with E-state index >= 15 is 0 Å². The Morgan fingerprint density at radius 1 is 0.971 bits per heavy atom. The van der Waals surface area contributed by atoms with Gasteiger partial charge in [-0.05, 0) is 53.3 Å². The molecular weight excluding hydrogens is 444 g/mol. The second-order valence-corrected chi connectivity index (χ2v) is 8.26. The summed E-state index contributed by atoms with van der Waals surface area (Å²) >= 11 is 0. The predicted octanol–water partition coefficient (Wildman–Crippen LogP) is 5.19. The molecule has 7 nitrogen and oxygen atoms in total. The van der Waals surface area contributed by atoms with Crippen molar-refractivity contribution in [3.63, 3.8) is 0 Å². The number of aliphatic carboxylic acids is 1. The fraction of sp³-hybridized carbons (Fsp3) is 0.179. The number of nitrogens with one attached hydrogen (secondary N) is 1. The highest BCUT2D eigenvalue weighted by Crippen LogP contribution is 2.25. The van der Waals surface area contributed by atoms with E-state index in [1.165, 1.54) is 11.0 Å². The molecule has 1 unspecified atom stereocenters. The van der Waals surface area contributed by atoms with Crippen molar-refractivity contribution in [3.05, 3.63) is 96.1 Å². The first-order chi connectivity index (χ1) is 17.0. The third-order valence-electron chi connectivity index (χ3n) is 5.79. The van der Waals surface area contributed by atoms with Crippen LogP contribution in [-0.2, 0) is 20.9 Å². The summed E-state index contributed by atoms with van der Waals surface area (Å²) < 4.78 is 5.43. The van der Waals surface area contributed by atoms with E-state index in [4.69, 9.17) is 9.84 Å². The minimum absolute atomic E-state index is 0.164. The van der Waals surface area contributed by atoms with Gasteiger partial charge < -0.3 is 15.2 Å². The molecule has 1 saturated heterocycles. The van der Waals surface area contributed by atoms with Crippen LogP contribution in [0, 0.1) is 0 Å². The number of hydrogen-bond donors (Lipinski definition) is 2. The Hall–Kier alpha value is -4.39. The van der Waals surface area contributed by atoms with E-state index in [-0.39, 0.29) is 12.5 Å². The fourth-order valence-electron chi connectivity index (χ4n) is 4.02. The molecule has 0 bridgehead atoms. The number of amides is 2. The van der Waals surface area contributed by atoms with Gasteiger partial charge in [0.15, 0.2) is 0 Å². The van der Waals surface area contributed by atoms with E-state index in [0.717, 1.165) is 34.8 Å². The summed E-state index contributed by atoms with van der Waals surface area (Å²) in [7, 11) is 0. The maximum atomic E-state index is 13.0. The Labute approximate surface area is 203 Å². The monoisotopic (exact) mass is 470 g/mol. The summed E-state index contributed by atoms with van der Waals surface area (Å²) in [5.41, 5.74) is 4.14. The first-order valence-electron chi connectivity index (χ1n) is 11.4. The molecule has 0 radical (unpaired) electrons. The number of carboxylic acid groups (broad SMARTS) is 1. The van der Waals surface area contributed by atoms with Crippen molar-refractivity contribution in [1.29, 1.82) is 0 Å². The molecular formula is C28H26N2O5. The molecule has 0 spiro atoms. The van der Waals surface area contributed by atoms with Crippen LogP contribution in [0.4, 0.5) is 10.5 Å². The largest absolute Gasteiger partial charge is 0.478 e. The Bertz CT molecular complexity index is 1220. The van der Waals surface area contributed by atoms with Crippen molar-refractivity contribution >= 4 is 29.7 Å². The van der Waals surface area contributed by atoms with E-state index in [1.54, 1.807) is 6.07 Å². The molecule has 2 N–H and O–H groups in total. The van der Waals surface area contributed by atoms with Gasteiger partial charge in [0.1, 0.15) is 12.6 Å². The van der Waals surface area contributed by atoms with Gasteiger partial charge in [-0.1, -0.05) is 66.7 Å². The molecule has 1 heterocycles. The number of carboxylic acids is 1. The number of hydrogen-bond acceptors (Lipinski definition) is 4. The number of anilines is 1. The van der Waals surface area contributed by atoms with Gasteiger partial charge >= 0.3 is 12.1 Å². The van der Waals surface area contributed by atoms with Crippen LogP contribution in [0.1, 0.15) is 24.0 Å². The minimum atomic E-state index is -0.997. The lowest BCUT2D eigenvalue weighted by Crippen LogP contribution is -2.43. The quantitative estimate of drug-likeness (QED) is 0.463. The highest BCUT2D eigenvalue weighted by atomic mass is 16.6. The topological polar surface area (TPSA) is 95.9 Å². The number of carbonyl (C=O) groups excluding carboxylic acids is 2. The first kappa shape index (κ1) is 23.8. The van der Waals surface area contributed by atoms with Crippen LogP contribution in [0.3, 0.4) is 0 Å². The van der Waals surface area contributed by atoms with E-state index < -0.39 is 18.1 Å².